The number of hydrogen-bond donors (Lipinski definition) is 1. The molecule has 4 rings (SSSR count). The van der Waals surface area contributed by atoms with Crippen LogP contribution in [0.25, 0.3) is 0 Å². The number of fused-ring (bicyclic) bond motifs is 3. The van der Waals surface area contributed by atoms with Crippen LogP contribution in [-0.4, -0.2) is 19.3 Å². The number of benzene rings is 2. The summed E-state index contributed by atoms with van der Waals surface area (Å²) in [5.41, 5.74) is 2.82. The summed E-state index contributed by atoms with van der Waals surface area (Å²) >= 11 is 0. The molecule has 2 atom stereocenters. The Morgan fingerprint density at radius 2 is 1.85 bits per heavy atom. The van der Waals surface area contributed by atoms with E-state index in [0.29, 0.717) is 5.75 Å². The van der Waals surface area contributed by atoms with Gasteiger partial charge in [-0.2, -0.15) is 0 Å². The first-order valence-corrected chi connectivity index (χ1v) is 9.34. The van der Waals surface area contributed by atoms with E-state index >= 15 is 0 Å². The van der Waals surface area contributed by atoms with Crippen LogP contribution in [0.2, 0.25) is 0 Å². The van der Waals surface area contributed by atoms with E-state index in [1.54, 1.807) is 14.2 Å². The van der Waals surface area contributed by atoms with Gasteiger partial charge in [0.05, 0.1) is 14.2 Å². The molecule has 26 heavy (non-hydrogen) atoms. The topological polar surface area (TPSA) is 47.9 Å². The Kier molecular flexibility index (Phi) is 4.22. The van der Waals surface area contributed by atoms with Crippen LogP contribution in [0.3, 0.4) is 0 Å². The molecule has 1 aliphatic carbocycles. The minimum atomic E-state index is -0.380. The SMILES string of the molecule is COc1ccc([C@@]23CCCCC[C@@H]2c2c(cc(OC)c(O)c2C)O3)cc1. The van der Waals surface area contributed by atoms with Crippen LogP contribution in [0.15, 0.2) is 30.3 Å². The quantitative estimate of drug-likeness (QED) is 0.837. The van der Waals surface area contributed by atoms with E-state index in [1.807, 2.05) is 25.1 Å². The molecule has 0 saturated heterocycles. The lowest BCUT2D eigenvalue weighted by molar-refractivity contribution is 0.0570. The van der Waals surface area contributed by atoms with Crippen LogP contribution in [0, 0.1) is 6.92 Å². The fourth-order valence-electron chi connectivity index (χ4n) is 4.73. The molecule has 1 aliphatic heterocycles. The minimum Gasteiger partial charge on any atom is -0.504 e. The molecule has 2 aliphatic rings. The molecular formula is C22H26O4. The molecule has 2 aromatic rings. The first-order chi connectivity index (χ1) is 12.6. The normalized spacial score (nSPS) is 24.2. The summed E-state index contributed by atoms with van der Waals surface area (Å²) in [7, 11) is 3.26. The van der Waals surface area contributed by atoms with Crippen LogP contribution >= 0.6 is 0 Å². The predicted octanol–water partition coefficient (Wildman–Crippen LogP) is 5.05. The van der Waals surface area contributed by atoms with Gasteiger partial charge in [-0.05, 0) is 43.9 Å². The van der Waals surface area contributed by atoms with Crippen molar-refractivity contribution in [1.29, 1.82) is 0 Å². The van der Waals surface area contributed by atoms with Crippen molar-refractivity contribution in [3.8, 4) is 23.0 Å². The first kappa shape index (κ1) is 17.1. The van der Waals surface area contributed by atoms with Crippen molar-refractivity contribution < 1.29 is 19.3 Å². The van der Waals surface area contributed by atoms with E-state index in [1.165, 1.54) is 18.4 Å². The standard InChI is InChI=1S/C22H26O4/c1-14-20-17-7-5-4-6-12-22(17,15-8-10-16(24-2)11-9-15)26-18(20)13-19(25-3)21(14)23/h8-11,13,17,23H,4-7,12H2,1-3H3/t17-,22+/m1/s1. The summed E-state index contributed by atoms with van der Waals surface area (Å²) < 4.78 is 17.4. The number of phenols is 1. The Bertz CT molecular complexity index is 812. The van der Waals surface area contributed by atoms with Crippen LogP contribution in [-0.2, 0) is 5.60 Å². The third kappa shape index (κ3) is 2.43. The van der Waals surface area contributed by atoms with Crippen molar-refractivity contribution in [3.05, 3.63) is 47.0 Å². The summed E-state index contributed by atoms with van der Waals surface area (Å²) in [6.45, 7) is 1.97. The van der Waals surface area contributed by atoms with Crippen molar-refractivity contribution >= 4 is 0 Å². The van der Waals surface area contributed by atoms with Gasteiger partial charge in [0.15, 0.2) is 11.5 Å². The second-order valence-corrected chi connectivity index (χ2v) is 7.34. The maximum absolute atomic E-state index is 10.5. The fraction of sp³-hybridized carbons (Fsp3) is 0.455. The summed E-state index contributed by atoms with van der Waals surface area (Å²) in [5, 5.41) is 10.5. The zero-order chi connectivity index (χ0) is 18.3. The minimum absolute atomic E-state index is 0.227. The van der Waals surface area contributed by atoms with Gasteiger partial charge in [-0.15, -0.1) is 0 Å². The van der Waals surface area contributed by atoms with Crippen molar-refractivity contribution in [1.82, 2.24) is 0 Å². The van der Waals surface area contributed by atoms with Crippen LogP contribution in [0.4, 0.5) is 0 Å². The Hall–Kier alpha value is -2.36. The first-order valence-electron chi connectivity index (χ1n) is 9.34. The van der Waals surface area contributed by atoms with Gasteiger partial charge in [0, 0.05) is 23.1 Å². The van der Waals surface area contributed by atoms with E-state index in [9.17, 15) is 5.11 Å². The van der Waals surface area contributed by atoms with Gasteiger partial charge < -0.3 is 19.3 Å². The predicted molar refractivity (Wildman–Crippen MR) is 101 cm³/mol. The highest BCUT2D eigenvalue weighted by molar-refractivity contribution is 5.61. The van der Waals surface area contributed by atoms with E-state index in [-0.39, 0.29) is 17.3 Å². The van der Waals surface area contributed by atoms with E-state index in [4.69, 9.17) is 14.2 Å². The molecule has 1 fully saturated rings. The van der Waals surface area contributed by atoms with Crippen molar-refractivity contribution in [2.75, 3.05) is 14.2 Å². The number of aromatic hydroxyl groups is 1. The highest BCUT2D eigenvalue weighted by Gasteiger charge is 2.51. The van der Waals surface area contributed by atoms with E-state index in [0.717, 1.165) is 41.9 Å². The smallest absolute Gasteiger partial charge is 0.164 e. The Morgan fingerprint density at radius 1 is 1.08 bits per heavy atom. The van der Waals surface area contributed by atoms with Crippen molar-refractivity contribution in [3.63, 3.8) is 0 Å². The average molecular weight is 354 g/mol. The third-order valence-corrected chi connectivity index (χ3v) is 6.06. The highest BCUT2D eigenvalue weighted by atomic mass is 16.5. The molecule has 0 unspecified atom stereocenters. The lowest BCUT2D eigenvalue weighted by atomic mass is 9.75. The summed E-state index contributed by atoms with van der Waals surface area (Å²) in [6, 6.07) is 10.1. The van der Waals surface area contributed by atoms with Gasteiger partial charge in [0.25, 0.3) is 0 Å². The molecule has 4 heteroatoms. The summed E-state index contributed by atoms with van der Waals surface area (Å²) in [4.78, 5) is 0. The van der Waals surface area contributed by atoms with Gasteiger partial charge in [-0.1, -0.05) is 25.0 Å². The van der Waals surface area contributed by atoms with Gasteiger partial charge in [0.2, 0.25) is 0 Å². The number of ether oxygens (including phenoxy) is 3. The van der Waals surface area contributed by atoms with E-state index in [2.05, 4.69) is 12.1 Å². The summed E-state index contributed by atoms with van der Waals surface area (Å²) in [6.07, 6.45) is 5.57. The highest BCUT2D eigenvalue weighted by Crippen LogP contribution is 2.59. The summed E-state index contributed by atoms with van der Waals surface area (Å²) in [5.74, 6) is 2.64. The molecule has 0 amide bonds. The van der Waals surface area contributed by atoms with Crippen molar-refractivity contribution in [2.45, 2.75) is 50.5 Å². The number of hydrogen-bond acceptors (Lipinski definition) is 4. The second-order valence-electron chi connectivity index (χ2n) is 7.34. The average Bonchev–Trinajstić information content (AvgIpc) is 2.84. The molecule has 4 nitrogen and oxygen atoms in total. The van der Waals surface area contributed by atoms with E-state index < -0.39 is 0 Å². The van der Waals surface area contributed by atoms with Gasteiger partial charge >= 0.3 is 0 Å². The van der Waals surface area contributed by atoms with Crippen LogP contribution in [0.5, 0.6) is 23.0 Å². The Labute approximate surface area is 154 Å². The molecule has 138 valence electrons. The van der Waals surface area contributed by atoms with Crippen molar-refractivity contribution in [2.24, 2.45) is 0 Å². The molecule has 1 heterocycles. The Morgan fingerprint density at radius 3 is 2.54 bits per heavy atom. The molecule has 0 bridgehead atoms. The molecule has 2 aromatic carbocycles. The molecule has 0 aromatic heterocycles. The lowest BCUT2D eigenvalue weighted by Crippen LogP contribution is -2.34. The number of rotatable bonds is 3. The maximum Gasteiger partial charge on any atom is 0.164 e. The molecular weight excluding hydrogens is 328 g/mol. The van der Waals surface area contributed by atoms with Gasteiger partial charge in [0.1, 0.15) is 17.1 Å². The lowest BCUT2D eigenvalue weighted by Gasteiger charge is -2.34. The van der Waals surface area contributed by atoms with Gasteiger partial charge in [-0.3, -0.25) is 0 Å². The number of methoxy groups -OCH3 is 2. The monoisotopic (exact) mass is 354 g/mol. The number of phenolic OH excluding ortho intramolecular Hbond substituents is 1. The largest absolute Gasteiger partial charge is 0.504 e. The zero-order valence-corrected chi connectivity index (χ0v) is 15.7. The Balaban J connectivity index is 1.87. The molecule has 1 saturated carbocycles. The zero-order valence-electron chi connectivity index (χ0n) is 15.7. The second kappa shape index (κ2) is 6.42. The maximum atomic E-state index is 10.5. The molecule has 0 radical (unpaired) electrons. The van der Waals surface area contributed by atoms with Crippen LogP contribution in [0.1, 0.15) is 54.7 Å². The fourth-order valence-corrected chi connectivity index (χ4v) is 4.73. The molecule has 0 spiro atoms. The molecule has 1 N–H and O–H groups in total. The van der Waals surface area contributed by atoms with Crippen LogP contribution < -0.4 is 14.2 Å². The van der Waals surface area contributed by atoms with Gasteiger partial charge in [-0.25, -0.2) is 0 Å². The third-order valence-electron chi connectivity index (χ3n) is 6.06.